The Bertz CT molecular complexity index is 871. The lowest BCUT2D eigenvalue weighted by molar-refractivity contribution is -0.137. The van der Waals surface area contributed by atoms with Crippen molar-refractivity contribution in [3.05, 3.63) is 53.9 Å². The van der Waals surface area contributed by atoms with Crippen LogP contribution >= 0.6 is 0 Å². The van der Waals surface area contributed by atoms with Crippen LogP contribution in [0, 0.1) is 0 Å². The number of hydrogen-bond acceptors (Lipinski definition) is 3. The molecule has 0 saturated carbocycles. The van der Waals surface area contributed by atoms with Gasteiger partial charge in [-0.2, -0.15) is 18.3 Å². The van der Waals surface area contributed by atoms with Crippen LogP contribution in [0.25, 0.3) is 16.9 Å². The molecule has 0 atom stereocenters. The number of nitrogens with zero attached hydrogens (tertiary/aromatic N) is 3. The van der Waals surface area contributed by atoms with Gasteiger partial charge < -0.3 is 5.11 Å². The molecule has 0 amide bonds. The van der Waals surface area contributed by atoms with Crippen LogP contribution in [0.3, 0.4) is 0 Å². The van der Waals surface area contributed by atoms with Crippen LogP contribution in [0.15, 0.2) is 42.6 Å². The molecular weight excluding hydrogens is 299 g/mol. The van der Waals surface area contributed by atoms with Gasteiger partial charge in [0.2, 0.25) is 0 Å². The molecule has 0 fully saturated rings. The summed E-state index contributed by atoms with van der Waals surface area (Å²) in [6, 6.07) is 7.38. The summed E-state index contributed by atoms with van der Waals surface area (Å²) in [5.41, 5.74) is -1.23. The molecule has 0 saturated heterocycles. The standard InChI is InChI=1S/C14H8F3N3O2/c15-14(16,17)9-4-2-1-3-8(9)10-7-11(13(21)22)20-12(19-10)5-6-18-20/h1-7H,(H,21,22). The molecule has 5 nitrogen and oxygen atoms in total. The molecule has 1 aromatic carbocycles. The van der Waals surface area contributed by atoms with Gasteiger partial charge in [0.05, 0.1) is 17.5 Å². The minimum atomic E-state index is -4.56. The Labute approximate surface area is 121 Å². The summed E-state index contributed by atoms with van der Waals surface area (Å²) in [4.78, 5) is 15.3. The van der Waals surface area contributed by atoms with Crippen LogP contribution < -0.4 is 0 Å². The molecule has 0 aliphatic carbocycles. The molecule has 0 spiro atoms. The van der Waals surface area contributed by atoms with Gasteiger partial charge in [-0.15, -0.1) is 0 Å². The van der Waals surface area contributed by atoms with Gasteiger partial charge in [-0.3, -0.25) is 0 Å². The van der Waals surface area contributed by atoms with E-state index < -0.39 is 17.7 Å². The normalized spacial score (nSPS) is 11.8. The number of fused-ring (bicyclic) bond motifs is 1. The van der Waals surface area contributed by atoms with Gasteiger partial charge in [-0.1, -0.05) is 18.2 Å². The summed E-state index contributed by atoms with van der Waals surface area (Å²) >= 11 is 0. The highest BCUT2D eigenvalue weighted by Gasteiger charge is 2.34. The van der Waals surface area contributed by atoms with Gasteiger partial charge >= 0.3 is 12.1 Å². The van der Waals surface area contributed by atoms with Crippen LogP contribution in [-0.2, 0) is 6.18 Å². The number of carbonyl (C=O) groups is 1. The van der Waals surface area contributed by atoms with E-state index in [0.29, 0.717) is 0 Å². The number of carboxylic acids is 1. The summed E-state index contributed by atoms with van der Waals surface area (Å²) in [5.74, 6) is -1.30. The van der Waals surface area contributed by atoms with Crippen LogP contribution in [0.5, 0.6) is 0 Å². The van der Waals surface area contributed by atoms with Gasteiger partial charge in [0.25, 0.3) is 0 Å². The molecule has 3 rings (SSSR count). The maximum atomic E-state index is 13.1. The Kier molecular flexibility index (Phi) is 3.09. The SMILES string of the molecule is O=C(O)c1cc(-c2ccccc2C(F)(F)F)nc2ccnn12. The Morgan fingerprint density at radius 1 is 1.18 bits per heavy atom. The van der Waals surface area contributed by atoms with Crippen molar-refractivity contribution in [2.75, 3.05) is 0 Å². The third kappa shape index (κ3) is 2.28. The molecule has 112 valence electrons. The lowest BCUT2D eigenvalue weighted by Gasteiger charge is -2.13. The third-order valence-electron chi connectivity index (χ3n) is 3.09. The third-order valence-corrected chi connectivity index (χ3v) is 3.09. The first-order chi connectivity index (χ1) is 10.4. The molecule has 3 aromatic rings. The number of aromatic carboxylic acids is 1. The van der Waals surface area contributed by atoms with Gasteiger partial charge in [0.1, 0.15) is 0 Å². The molecule has 1 N–H and O–H groups in total. The van der Waals surface area contributed by atoms with Gasteiger partial charge in [0.15, 0.2) is 11.3 Å². The molecule has 0 radical (unpaired) electrons. The number of rotatable bonds is 2. The van der Waals surface area contributed by atoms with Crippen LogP contribution in [-0.4, -0.2) is 25.7 Å². The van der Waals surface area contributed by atoms with E-state index in [1.807, 2.05) is 0 Å². The van der Waals surface area contributed by atoms with Crippen molar-refractivity contribution in [2.45, 2.75) is 6.18 Å². The van der Waals surface area contributed by atoms with Gasteiger partial charge in [-0.25, -0.2) is 14.3 Å². The highest BCUT2D eigenvalue weighted by Crippen LogP contribution is 2.36. The number of aromatic nitrogens is 3. The number of benzene rings is 1. The van der Waals surface area contributed by atoms with Crippen molar-refractivity contribution < 1.29 is 23.1 Å². The molecule has 0 unspecified atom stereocenters. The van der Waals surface area contributed by atoms with E-state index in [1.165, 1.54) is 30.5 Å². The van der Waals surface area contributed by atoms with E-state index >= 15 is 0 Å². The Morgan fingerprint density at radius 2 is 1.91 bits per heavy atom. The van der Waals surface area contributed by atoms with E-state index in [2.05, 4.69) is 10.1 Å². The first-order valence-corrected chi connectivity index (χ1v) is 6.12. The fraction of sp³-hybridized carbons (Fsp3) is 0.0714. The second-order valence-electron chi connectivity index (χ2n) is 4.48. The molecular formula is C14H8F3N3O2. The van der Waals surface area contributed by atoms with E-state index in [4.69, 9.17) is 0 Å². The quantitative estimate of drug-likeness (QED) is 0.790. The number of carboxylic acid groups (broad SMARTS) is 1. The number of halogens is 3. The average molecular weight is 307 g/mol. The fourth-order valence-corrected chi connectivity index (χ4v) is 2.16. The molecule has 2 heterocycles. The Balaban J connectivity index is 2.30. The van der Waals surface area contributed by atoms with Crippen molar-refractivity contribution in [3.8, 4) is 11.3 Å². The fourth-order valence-electron chi connectivity index (χ4n) is 2.16. The van der Waals surface area contributed by atoms with Crippen LogP contribution in [0.2, 0.25) is 0 Å². The minimum Gasteiger partial charge on any atom is -0.477 e. The van der Waals surface area contributed by atoms with Gasteiger partial charge in [-0.05, 0) is 12.1 Å². The zero-order valence-corrected chi connectivity index (χ0v) is 10.9. The van der Waals surface area contributed by atoms with Crippen molar-refractivity contribution in [2.24, 2.45) is 0 Å². The topological polar surface area (TPSA) is 67.5 Å². The van der Waals surface area contributed by atoms with E-state index in [-0.39, 0.29) is 22.6 Å². The summed E-state index contributed by atoms with van der Waals surface area (Å²) in [5, 5.41) is 13.0. The van der Waals surface area contributed by atoms with Crippen LogP contribution in [0.1, 0.15) is 16.1 Å². The zero-order chi connectivity index (χ0) is 15.9. The molecule has 22 heavy (non-hydrogen) atoms. The largest absolute Gasteiger partial charge is 0.477 e. The van der Waals surface area contributed by atoms with E-state index in [1.54, 1.807) is 0 Å². The van der Waals surface area contributed by atoms with E-state index in [9.17, 15) is 23.1 Å². The van der Waals surface area contributed by atoms with Crippen LogP contribution in [0.4, 0.5) is 13.2 Å². The monoisotopic (exact) mass is 307 g/mol. The second-order valence-corrected chi connectivity index (χ2v) is 4.48. The maximum Gasteiger partial charge on any atom is 0.417 e. The lowest BCUT2D eigenvalue weighted by atomic mass is 10.0. The van der Waals surface area contributed by atoms with Crippen molar-refractivity contribution >= 4 is 11.6 Å². The Morgan fingerprint density at radius 3 is 2.59 bits per heavy atom. The first kappa shape index (κ1) is 14.1. The van der Waals surface area contributed by atoms with Gasteiger partial charge in [0, 0.05) is 11.6 Å². The molecule has 0 bridgehead atoms. The number of alkyl halides is 3. The lowest BCUT2D eigenvalue weighted by Crippen LogP contribution is -2.10. The molecule has 0 aliphatic heterocycles. The molecule has 2 aromatic heterocycles. The highest BCUT2D eigenvalue weighted by atomic mass is 19.4. The summed E-state index contributed by atoms with van der Waals surface area (Å²) in [7, 11) is 0. The molecule has 0 aliphatic rings. The van der Waals surface area contributed by atoms with Crippen molar-refractivity contribution in [1.29, 1.82) is 0 Å². The average Bonchev–Trinajstić information content (AvgIpc) is 2.93. The summed E-state index contributed by atoms with van der Waals surface area (Å²) in [6.45, 7) is 0. The maximum absolute atomic E-state index is 13.1. The minimum absolute atomic E-state index is 0.0710. The van der Waals surface area contributed by atoms with E-state index in [0.717, 1.165) is 16.6 Å². The highest BCUT2D eigenvalue weighted by molar-refractivity contribution is 5.88. The zero-order valence-electron chi connectivity index (χ0n) is 10.9. The summed E-state index contributed by atoms with van der Waals surface area (Å²) in [6.07, 6.45) is -3.23. The number of hydrogen-bond donors (Lipinski definition) is 1. The molecule has 8 heteroatoms. The Hall–Kier alpha value is -2.90. The predicted molar refractivity (Wildman–Crippen MR) is 70.4 cm³/mol. The first-order valence-electron chi connectivity index (χ1n) is 6.12. The van der Waals surface area contributed by atoms with Crippen molar-refractivity contribution in [1.82, 2.24) is 14.6 Å². The van der Waals surface area contributed by atoms with Crippen molar-refractivity contribution in [3.63, 3.8) is 0 Å². The predicted octanol–water partition coefficient (Wildman–Crippen LogP) is 3.11. The smallest absolute Gasteiger partial charge is 0.417 e. The second kappa shape index (κ2) is 4.83. The summed E-state index contributed by atoms with van der Waals surface area (Å²) < 4.78 is 40.3.